The second-order valence-electron chi connectivity index (χ2n) is 27.5. The van der Waals surface area contributed by atoms with Crippen molar-refractivity contribution in [1.29, 1.82) is 0 Å². The van der Waals surface area contributed by atoms with Gasteiger partial charge in [0.15, 0.2) is 6.29 Å². The summed E-state index contributed by atoms with van der Waals surface area (Å²) in [5.41, 5.74) is 0. The molecule has 1 fully saturated rings. The fraction of sp³-hybridized carbons (Fsp3) is 0.841. The van der Waals surface area contributed by atoms with Gasteiger partial charge in [-0.1, -0.05) is 389 Å². The third-order valence-corrected chi connectivity index (χ3v) is 18.8. The first-order valence-electron chi connectivity index (χ1n) is 39.6. The number of unbranched alkanes of at least 4 members (excludes halogenated alkanes) is 48. The molecule has 0 bridgehead atoms. The molecule has 6 N–H and O–H groups in total. The molecule has 0 aromatic rings. The van der Waals surface area contributed by atoms with Crippen molar-refractivity contribution in [2.24, 2.45) is 0 Å². The molecule has 0 spiro atoms. The van der Waals surface area contributed by atoms with Gasteiger partial charge in [-0.05, 0) is 64.2 Å². The standard InChI is InChI=1S/C82H151NO8/c1-3-5-7-9-11-13-15-17-19-21-23-25-27-29-31-33-34-35-36-37-38-39-40-41-42-44-46-48-50-52-54-56-58-60-62-64-66-68-70-72-78(86)83-75(74-90-82-81(89)80(88)79(87)77(73-84)91-82)76(85)71-69-67-65-63-61-59-57-55-53-51-49-47-45-43-32-30-28-26-24-22-20-18-16-14-12-10-8-6-4-2/h5,7,11,13,17,19,23,25,29,31,34-35,75-77,79-82,84-85,87-89H,3-4,6,8-10,12,14-16,18,20-22,24,26-28,30,32-33,36-74H2,1-2H3,(H,83,86)/b7-5-,13-11-,19-17-,25-23-,31-29-,35-34-. The molecule has 0 saturated carbocycles. The van der Waals surface area contributed by atoms with Crippen LogP contribution in [0.5, 0.6) is 0 Å². The summed E-state index contributed by atoms with van der Waals surface area (Å²) in [4.78, 5) is 13.2. The van der Waals surface area contributed by atoms with Crippen molar-refractivity contribution in [3.63, 3.8) is 0 Å². The van der Waals surface area contributed by atoms with Gasteiger partial charge in [-0.3, -0.25) is 4.79 Å². The van der Waals surface area contributed by atoms with Crippen molar-refractivity contribution in [2.45, 2.75) is 429 Å². The van der Waals surface area contributed by atoms with E-state index in [1.165, 1.54) is 283 Å². The fourth-order valence-corrected chi connectivity index (χ4v) is 12.7. The predicted molar refractivity (Wildman–Crippen MR) is 392 cm³/mol. The average Bonchev–Trinajstić information content (AvgIpc) is 1.33. The van der Waals surface area contributed by atoms with Crippen LogP contribution in [-0.2, 0) is 14.3 Å². The van der Waals surface area contributed by atoms with Gasteiger partial charge in [-0.2, -0.15) is 0 Å². The Bertz CT molecular complexity index is 1670. The van der Waals surface area contributed by atoms with E-state index in [1.807, 2.05) is 0 Å². The summed E-state index contributed by atoms with van der Waals surface area (Å²) in [5, 5.41) is 55.1. The smallest absolute Gasteiger partial charge is 0.220 e. The number of carbonyl (C=O) groups is 1. The first-order chi connectivity index (χ1) is 44.8. The Labute approximate surface area is 563 Å². The van der Waals surface area contributed by atoms with E-state index >= 15 is 0 Å². The number of hydrogen-bond donors (Lipinski definition) is 6. The Balaban J connectivity index is 2.05. The Hall–Kier alpha value is -2.37. The molecular formula is C82H151NO8. The summed E-state index contributed by atoms with van der Waals surface area (Å²) in [6.07, 6.45) is 92.9. The molecular weight excluding hydrogens is 1130 g/mol. The monoisotopic (exact) mass is 1280 g/mol. The molecule has 1 aliphatic rings. The molecule has 532 valence electrons. The molecule has 1 aliphatic heterocycles. The normalized spacial score (nSPS) is 18.1. The maximum absolute atomic E-state index is 13.2. The molecule has 0 radical (unpaired) electrons. The maximum atomic E-state index is 13.2. The van der Waals surface area contributed by atoms with Crippen LogP contribution in [0.1, 0.15) is 386 Å². The number of aliphatic hydroxyl groups excluding tert-OH is 5. The second-order valence-corrected chi connectivity index (χ2v) is 27.5. The van der Waals surface area contributed by atoms with E-state index in [4.69, 9.17) is 9.47 Å². The van der Waals surface area contributed by atoms with Crippen LogP contribution < -0.4 is 5.32 Å². The SMILES string of the molecule is CC/C=C\C/C=C\C/C=C\C/C=C\C/C=C\C/C=C\CCCCCCCCCCCCCCCCCCCCCCC(=O)NC(COC1OC(CO)C(O)C(O)C1O)C(O)CCCCCCCCCCCCCCCCCCCCCCCCCCCCCCC. The Morgan fingerprint density at radius 3 is 1.01 bits per heavy atom. The van der Waals surface area contributed by atoms with Crippen LogP contribution in [0.4, 0.5) is 0 Å². The van der Waals surface area contributed by atoms with E-state index < -0.39 is 49.5 Å². The quantitative estimate of drug-likeness (QED) is 0.0261. The topological polar surface area (TPSA) is 149 Å². The summed E-state index contributed by atoms with van der Waals surface area (Å²) < 4.78 is 11.4. The number of hydrogen-bond acceptors (Lipinski definition) is 8. The molecule has 0 aromatic heterocycles. The highest BCUT2D eigenvalue weighted by Gasteiger charge is 2.44. The van der Waals surface area contributed by atoms with Gasteiger partial charge >= 0.3 is 0 Å². The average molecular weight is 1280 g/mol. The number of aliphatic hydroxyl groups is 5. The largest absolute Gasteiger partial charge is 0.394 e. The molecule has 91 heavy (non-hydrogen) atoms. The molecule has 0 aliphatic carbocycles. The zero-order valence-electron chi connectivity index (χ0n) is 59.9. The highest BCUT2D eigenvalue weighted by Crippen LogP contribution is 2.24. The Kier molecular flexibility index (Phi) is 67.1. The van der Waals surface area contributed by atoms with E-state index in [0.717, 1.165) is 77.0 Å². The first-order valence-corrected chi connectivity index (χ1v) is 39.6. The molecule has 1 rings (SSSR count). The predicted octanol–water partition coefficient (Wildman–Crippen LogP) is 22.7. The van der Waals surface area contributed by atoms with E-state index in [1.54, 1.807) is 0 Å². The van der Waals surface area contributed by atoms with E-state index in [0.29, 0.717) is 12.8 Å². The number of rotatable bonds is 70. The van der Waals surface area contributed by atoms with E-state index in [2.05, 4.69) is 92.1 Å². The van der Waals surface area contributed by atoms with E-state index in [-0.39, 0.29) is 12.5 Å². The highest BCUT2D eigenvalue weighted by atomic mass is 16.7. The molecule has 7 unspecified atom stereocenters. The summed E-state index contributed by atoms with van der Waals surface area (Å²) >= 11 is 0. The summed E-state index contributed by atoms with van der Waals surface area (Å²) in [6.45, 7) is 3.78. The van der Waals surface area contributed by atoms with E-state index in [9.17, 15) is 30.3 Å². The van der Waals surface area contributed by atoms with Crippen molar-refractivity contribution in [3.8, 4) is 0 Å². The van der Waals surface area contributed by atoms with Crippen LogP contribution in [0.2, 0.25) is 0 Å². The molecule has 1 amide bonds. The second kappa shape index (κ2) is 70.4. The molecule has 0 aromatic carbocycles. The minimum Gasteiger partial charge on any atom is -0.394 e. The lowest BCUT2D eigenvalue weighted by molar-refractivity contribution is -0.302. The number of allylic oxidation sites excluding steroid dienone is 12. The zero-order chi connectivity index (χ0) is 65.7. The fourth-order valence-electron chi connectivity index (χ4n) is 12.7. The summed E-state index contributed by atoms with van der Waals surface area (Å²) in [5.74, 6) is -0.137. The third kappa shape index (κ3) is 58.7. The minimum atomic E-state index is -1.56. The van der Waals surface area contributed by atoms with Gasteiger partial charge in [0.1, 0.15) is 24.4 Å². The van der Waals surface area contributed by atoms with Crippen LogP contribution in [0.15, 0.2) is 72.9 Å². The van der Waals surface area contributed by atoms with Crippen LogP contribution in [-0.4, -0.2) is 87.5 Å². The molecule has 1 heterocycles. The lowest BCUT2D eigenvalue weighted by atomic mass is 9.99. The number of amides is 1. The summed E-state index contributed by atoms with van der Waals surface area (Å²) in [7, 11) is 0. The highest BCUT2D eigenvalue weighted by molar-refractivity contribution is 5.76. The van der Waals surface area contributed by atoms with Gasteiger partial charge in [0, 0.05) is 6.42 Å². The number of ether oxygens (including phenoxy) is 2. The van der Waals surface area contributed by atoms with Crippen molar-refractivity contribution in [2.75, 3.05) is 13.2 Å². The van der Waals surface area contributed by atoms with Gasteiger partial charge < -0.3 is 40.3 Å². The van der Waals surface area contributed by atoms with Gasteiger partial charge in [0.25, 0.3) is 0 Å². The van der Waals surface area contributed by atoms with Gasteiger partial charge in [-0.15, -0.1) is 0 Å². The minimum absolute atomic E-state index is 0.135. The lowest BCUT2D eigenvalue weighted by Gasteiger charge is -2.40. The zero-order valence-corrected chi connectivity index (χ0v) is 59.9. The maximum Gasteiger partial charge on any atom is 0.220 e. The molecule has 1 saturated heterocycles. The Morgan fingerprint density at radius 1 is 0.385 bits per heavy atom. The van der Waals surface area contributed by atoms with Crippen molar-refractivity contribution < 1.29 is 39.8 Å². The third-order valence-electron chi connectivity index (χ3n) is 18.8. The number of nitrogens with one attached hydrogen (secondary N) is 1. The molecule has 9 heteroatoms. The van der Waals surface area contributed by atoms with Crippen LogP contribution in [0.3, 0.4) is 0 Å². The summed E-state index contributed by atoms with van der Waals surface area (Å²) in [6, 6.07) is -0.722. The van der Waals surface area contributed by atoms with Crippen molar-refractivity contribution in [3.05, 3.63) is 72.9 Å². The lowest BCUT2D eigenvalue weighted by Crippen LogP contribution is -2.60. The van der Waals surface area contributed by atoms with Crippen molar-refractivity contribution in [1.82, 2.24) is 5.32 Å². The number of carbonyl (C=O) groups excluding carboxylic acids is 1. The van der Waals surface area contributed by atoms with Gasteiger partial charge in [-0.25, -0.2) is 0 Å². The Morgan fingerprint density at radius 2 is 0.681 bits per heavy atom. The van der Waals surface area contributed by atoms with Gasteiger partial charge in [0.05, 0.1) is 25.4 Å². The van der Waals surface area contributed by atoms with Crippen LogP contribution >= 0.6 is 0 Å². The van der Waals surface area contributed by atoms with Crippen LogP contribution in [0, 0.1) is 0 Å². The van der Waals surface area contributed by atoms with Gasteiger partial charge in [0.2, 0.25) is 5.91 Å². The molecule has 9 nitrogen and oxygen atoms in total. The first kappa shape index (κ1) is 86.6. The van der Waals surface area contributed by atoms with Crippen LogP contribution in [0.25, 0.3) is 0 Å². The molecule has 7 atom stereocenters. The van der Waals surface area contributed by atoms with Crippen molar-refractivity contribution >= 4 is 5.91 Å².